The highest BCUT2D eigenvalue weighted by Crippen LogP contribution is 2.25. The summed E-state index contributed by atoms with van der Waals surface area (Å²) in [5, 5.41) is 13.1. The Hall–Kier alpha value is -1.43. The topological polar surface area (TPSA) is 71.2 Å². The Morgan fingerprint density at radius 3 is 2.94 bits per heavy atom. The molecule has 1 aliphatic rings. The SMILES string of the molecule is CCCn1ncnc1CN1CC(C(C)C(=O)O)C1. The van der Waals surface area contributed by atoms with Gasteiger partial charge in [0, 0.05) is 19.6 Å². The molecule has 100 valence electrons. The third-order valence-electron chi connectivity index (χ3n) is 3.58. The summed E-state index contributed by atoms with van der Waals surface area (Å²) in [6.45, 7) is 7.23. The highest BCUT2D eigenvalue weighted by molar-refractivity contribution is 5.70. The summed E-state index contributed by atoms with van der Waals surface area (Å²) >= 11 is 0. The van der Waals surface area contributed by atoms with Crippen molar-refractivity contribution in [3.05, 3.63) is 12.2 Å². The van der Waals surface area contributed by atoms with E-state index in [0.29, 0.717) is 0 Å². The minimum Gasteiger partial charge on any atom is -0.481 e. The van der Waals surface area contributed by atoms with E-state index >= 15 is 0 Å². The molecule has 1 saturated heterocycles. The summed E-state index contributed by atoms with van der Waals surface area (Å²) in [7, 11) is 0. The van der Waals surface area contributed by atoms with Crippen LogP contribution in [0.5, 0.6) is 0 Å². The zero-order chi connectivity index (χ0) is 13.1. The Morgan fingerprint density at radius 1 is 1.61 bits per heavy atom. The van der Waals surface area contributed by atoms with Crippen molar-refractivity contribution in [1.29, 1.82) is 0 Å². The molecular formula is C12H20N4O2. The molecule has 1 aliphatic heterocycles. The minimum absolute atomic E-state index is 0.255. The lowest BCUT2D eigenvalue weighted by Gasteiger charge is -2.40. The first-order valence-electron chi connectivity index (χ1n) is 6.43. The fourth-order valence-corrected chi connectivity index (χ4v) is 2.27. The summed E-state index contributed by atoms with van der Waals surface area (Å²) in [5.41, 5.74) is 0. The average molecular weight is 252 g/mol. The van der Waals surface area contributed by atoms with Crippen LogP contribution in [0.1, 0.15) is 26.1 Å². The Morgan fingerprint density at radius 2 is 2.33 bits per heavy atom. The van der Waals surface area contributed by atoms with Gasteiger partial charge in [-0.2, -0.15) is 5.10 Å². The smallest absolute Gasteiger partial charge is 0.306 e. The predicted octanol–water partition coefficient (Wildman–Crippen LogP) is 0.841. The number of aromatic nitrogens is 3. The lowest BCUT2D eigenvalue weighted by molar-refractivity contribution is -0.145. The summed E-state index contributed by atoms with van der Waals surface area (Å²) in [6.07, 6.45) is 2.62. The summed E-state index contributed by atoms with van der Waals surface area (Å²) in [4.78, 5) is 17.3. The summed E-state index contributed by atoms with van der Waals surface area (Å²) in [5.74, 6) is 0.284. The van der Waals surface area contributed by atoms with Crippen molar-refractivity contribution < 1.29 is 9.90 Å². The monoisotopic (exact) mass is 252 g/mol. The number of carboxylic acid groups (broad SMARTS) is 1. The van der Waals surface area contributed by atoms with Gasteiger partial charge in [-0.05, 0) is 12.3 Å². The number of rotatable bonds is 6. The maximum absolute atomic E-state index is 10.9. The van der Waals surface area contributed by atoms with Gasteiger partial charge in [-0.3, -0.25) is 9.69 Å². The summed E-state index contributed by atoms with van der Waals surface area (Å²) in [6, 6.07) is 0. The van der Waals surface area contributed by atoms with E-state index < -0.39 is 5.97 Å². The molecule has 2 rings (SSSR count). The van der Waals surface area contributed by atoms with Gasteiger partial charge in [-0.25, -0.2) is 9.67 Å². The van der Waals surface area contributed by atoms with Crippen LogP contribution in [-0.2, 0) is 17.9 Å². The van der Waals surface area contributed by atoms with Gasteiger partial charge in [-0.15, -0.1) is 0 Å². The number of carboxylic acids is 1. The molecule has 6 nitrogen and oxygen atoms in total. The third kappa shape index (κ3) is 2.69. The zero-order valence-electron chi connectivity index (χ0n) is 10.9. The van der Waals surface area contributed by atoms with E-state index in [0.717, 1.165) is 38.4 Å². The van der Waals surface area contributed by atoms with Crippen molar-refractivity contribution in [2.24, 2.45) is 11.8 Å². The van der Waals surface area contributed by atoms with Crippen LogP contribution in [0.25, 0.3) is 0 Å². The number of aliphatic carboxylic acids is 1. The van der Waals surface area contributed by atoms with Gasteiger partial charge < -0.3 is 5.11 Å². The molecule has 0 amide bonds. The van der Waals surface area contributed by atoms with Gasteiger partial charge in [-0.1, -0.05) is 13.8 Å². The van der Waals surface area contributed by atoms with Crippen molar-refractivity contribution in [2.45, 2.75) is 33.4 Å². The number of hydrogen-bond donors (Lipinski definition) is 1. The van der Waals surface area contributed by atoms with Crippen molar-refractivity contribution >= 4 is 5.97 Å². The first kappa shape index (κ1) is 13.0. The van der Waals surface area contributed by atoms with Gasteiger partial charge >= 0.3 is 5.97 Å². The molecule has 1 fully saturated rings. The van der Waals surface area contributed by atoms with Crippen LogP contribution in [0.2, 0.25) is 0 Å². The normalized spacial score (nSPS) is 18.6. The number of nitrogens with zero attached hydrogens (tertiary/aromatic N) is 4. The molecule has 1 aromatic rings. The largest absolute Gasteiger partial charge is 0.481 e. The third-order valence-corrected chi connectivity index (χ3v) is 3.58. The first-order valence-corrected chi connectivity index (χ1v) is 6.43. The van der Waals surface area contributed by atoms with E-state index in [9.17, 15) is 4.79 Å². The number of likely N-dealkylation sites (tertiary alicyclic amines) is 1. The van der Waals surface area contributed by atoms with Crippen molar-refractivity contribution in [3.8, 4) is 0 Å². The second-order valence-corrected chi connectivity index (χ2v) is 4.98. The molecule has 0 bridgehead atoms. The van der Waals surface area contributed by atoms with Crippen molar-refractivity contribution in [2.75, 3.05) is 13.1 Å². The van der Waals surface area contributed by atoms with Gasteiger partial charge in [0.25, 0.3) is 0 Å². The van der Waals surface area contributed by atoms with Crippen LogP contribution < -0.4 is 0 Å². The highest BCUT2D eigenvalue weighted by atomic mass is 16.4. The highest BCUT2D eigenvalue weighted by Gasteiger charge is 2.34. The maximum atomic E-state index is 10.9. The quantitative estimate of drug-likeness (QED) is 0.812. The van der Waals surface area contributed by atoms with E-state index in [1.807, 2.05) is 4.68 Å². The number of aryl methyl sites for hydroxylation is 1. The fourth-order valence-electron chi connectivity index (χ4n) is 2.27. The molecule has 1 unspecified atom stereocenters. The maximum Gasteiger partial charge on any atom is 0.306 e. The zero-order valence-corrected chi connectivity index (χ0v) is 10.9. The van der Waals surface area contributed by atoms with E-state index in [1.54, 1.807) is 13.3 Å². The number of hydrogen-bond acceptors (Lipinski definition) is 4. The lowest BCUT2D eigenvalue weighted by Crippen LogP contribution is -2.50. The van der Waals surface area contributed by atoms with E-state index in [2.05, 4.69) is 21.9 Å². The fraction of sp³-hybridized carbons (Fsp3) is 0.750. The summed E-state index contributed by atoms with van der Waals surface area (Å²) < 4.78 is 1.92. The molecule has 18 heavy (non-hydrogen) atoms. The standard InChI is InChI=1S/C12H20N4O2/c1-3-4-16-11(13-8-14-16)7-15-5-10(6-15)9(2)12(17)18/h8-10H,3-7H2,1-2H3,(H,17,18). The number of carbonyl (C=O) groups is 1. The molecule has 0 spiro atoms. The van der Waals surface area contributed by atoms with Crippen molar-refractivity contribution in [3.63, 3.8) is 0 Å². The average Bonchev–Trinajstić information content (AvgIpc) is 2.70. The molecule has 0 aliphatic carbocycles. The predicted molar refractivity (Wildman–Crippen MR) is 65.9 cm³/mol. The molecule has 6 heteroatoms. The van der Waals surface area contributed by atoms with Gasteiger partial charge in [0.15, 0.2) is 0 Å². The molecule has 0 aromatic carbocycles. The first-order chi connectivity index (χ1) is 8.61. The van der Waals surface area contributed by atoms with E-state index in [1.165, 1.54) is 0 Å². The Kier molecular flexibility index (Phi) is 3.96. The minimum atomic E-state index is -0.700. The van der Waals surface area contributed by atoms with Gasteiger partial charge in [0.05, 0.1) is 12.5 Å². The molecule has 1 N–H and O–H groups in total. The Balaban J connectivity index is 1.83. The molecule has 0 saturated carbocycles. The van der Waals surface area contributed by atoms with Crippen LogP contribution in [0.4, 0.5) is 0 Å². The van der Waals surface area contributed by atoms with Crippen LogP contribution >= 0.6 is 0 Å². The van der Waals surface area contributed by atoms with Crippen LogP contribution in [0, 0.1) is 11.8 Å². The van der Waals surface area contributed by atoms with Crippen molar-refractivity contribution in [1.82, 2.24) is 19.7 Å². The van der Waals surface area contributed by atoms with Gasteiger partial charge in [0.1, 0.15) is 12.2 Å². The van der Waals surface area contributed by atoms with Crippen LogP contribution in [0.15, 0.2) is 6.33 Å². The molecular weight excluding hydrogens is 232 g/mol. The van der Waals surface area contributed by atoms with Crippen LogP contribution in [-0.4, -0.2) is 43.8 Å². The van der Waals surface area contributed by atoms with Crippen LogP contribution in [0.3, 0.4) is 0 Å². The van der Waals surface area contributed by atoms with Gasteiger partial charge in [0.2, 0.25) is 0 Å². The Labute approximate surface area is 107 Å². The molecule has 1 atom stereocenters. The molecule has 0 radical (unpaired) electrons. The Bertz CT molecular complexity index is 412. The lowest BCUT2D eigenvalue weighted by atomic mass is 9.87. The molecule has 2 heterocycles. The van der Waals surface area contributed by atoms with E-state index in [-0.39, 0.29) is 11.8 Å². The second kappa shape index (κ2) is 5.48. The second-order valence-electron chi connectivity index (χ2n) is 4.98. The van der Waals surface area contributed by atoms with E-state index in [4.69, 9.17) is 5.11 Å². The molecule has 1 aromatic heterocycles.